The highest BCUT2D eigenvalue weighted by molar-refractivity contribution is 7.89. The number of benzene rings is 1. The lowest BCUT2D eigenvalue weighted by molar-refractivity contribution is 0.444. The lowest BCUT2D eigenvalue weighted by Crippen LogP contribution is -2.39. The summed E-state index contributed by atoms with van der Waals surface area (Å²) >= 11 is 0. The number of fused-ring (bicyclic) bond motifs is 1. The predicted octanol–water partition coefficient (Wildman–Crippen LogP) is 1.73. The van der Waals surface area contributed by atoms with Gasteiger partial charge in [0.2, 0.25) is 10.0 Å². The molecule has 1 atom stereocenters. The quantitative estimate of drug-likeness (QED) is 0.705. The average molecular weight is 381 g/mol. The minimum atomic E-state index is -3.69. The lowest BCUT2D eigenvalue weighted by atomic mass is 10.00. The van der Waals surface area contributed by atoms with Crippen molar-refractivity contribution in [1.29, 1.82) is 0 Å². The van der Waals surface area contributed by atoms with Gasteiger partial charge in [0.25, 0.3) is 0 Å². The first kappa shape index (κ1) is 20.4. The van der Waals surface area contributed by atoms with Gasteiger partial charge in [-0.2, -0.15) is 0 Å². The molecule has 0 unspecified atom stereocenters. The van der Waals surface area contributed by atoms with Gasteiger partial charge in [-0.1, -0.05) is 33.1 Å². The van der Waals surface area contributed by atoms with E-state index in [4.69, 9.17) is 0 Å². The molecule has 0 saturated heterocycles. The number of rotatable bonds is 8. The van der Waals surface area contributed by atoms with Crippen LogP contribution in [-0.4, -0.2) is 24.1 Å². The Bertz CT molecular complexity index is 1010. The zero-order valence-electron chi connectivity index (χ0n) is 15.8. The predicted molar refractivity (Wildman–Crippen MR) is 103 cm³/mol. The van der Waals surface area contributed by atoms with Crippen LogP contribution < -0.4 is 15.8 Å². The first-order valence-corrected chi connectivity index (χ1v) is 10.4. The molecule has 1 heterocycles. The Morgan fingerprint density at radius 2 is 1.65 bits per heavy atom. The maximum absolute atomic E-state index is 12.7. The summed E-state index contributed by atoms with van der Waals surface area (Å²) in [5.41, 5.74) is -0.424. The van der Waals surface area contributed by atoms with Crippen molar-refractivity contribution in [2.45, 2.75) is 44.4 Å². The van der Waals surface area contributed by atoms with E-state index in [1.54, 1.807) is 6.07 Å². The summed E-state index contributed by atoms with van der Waals surface area (Å²) in [6, 6.07) is 4.45. The van der Waals surface area contributed by atoms with Crippen LogP contribution in [0.25, 0.3) is 11.0 Å². The van der Waals surface area contributed by atoms with Crippen LogP contribution in [-0.2, 0) is 24.1 Å². The van der Waals surface area contributed by atoms with Gasteiger partial charge in [-0.3, -0.25) is 9.59 Å². The normalized spacial score (nSPS) is 13.2. The second kappa shape index (κ2) is 8.18. The summed E-state index contributed by atoms with van der Waals surface area (Å²) in [6.07, 6.45) is 4.06. The van der Waals surface area contributed by atoms with E-state index in [1.165, 1.54) is 35.4 Å². The molecule has 2 aromatic rings. The molecule has 7 nitrogen and oxygen atoms in total. The van der Waals surface area contributed by atoms with E-state index in [2.05, 4.69) is 18.6 Å². The summed E-state index contributed by atoms with van der Waals surface area (Å²) in [7, 11) is -0.723. The molecule has 0 radical (unpaired) electrons. The fraction of sp³-hybridized carbons (Fsp3) is 0.556. The van der Waals surface area contributed by atoms with Crippen molar-refractivity contribution in [3.05, 3.63) is 38.9 Å². The van der Waals surface area contributed by atoms with Crippen LogP contribution >= 0.6 is 0 Å². The molecule has 144 valence electrons. The standard InChI is InChI=1S/C18H27N3O4S/c1-5-7-8-13(6-2)12-19-26(24,25)14-9-10-15-16(11-14)21(4)18(23)17(22)20(15)3/h9-11,13,19H,5-8,12H2,1-4H3/t13-/m1/s1. The maximum atomic E-state index is 12.7. The zero-order valence-corrected chi connectivity index (χ0v) is 16.6. The minimum absolute atomic E-state index is 0.0870. The number of aromatic nitrogens is 2. The van der Waals surface area contributed by atoms with Gasteiger partial charge >= 0.3 is 11.1 Å². The Balaban J connectivity index is 2.37. The Hall–Kier alpha value is -1.93. The number of sulfonamides is 1. The van der Waals surface area contributed by atoms with Gasteiger partial charge < -0.3 is 9.13 Å². The third kappa shape index (κ3) is 4.07. The molecular weight excluding hydrogens is 354 g/mol. The van der Waals surface area contributed by atoms with Crippen molar-refractivity contribution in [3.63, 3.8) is 0 Å². The Morgan fingerprint density at radius 3 is 2.23 bits per heavy atom. The molecule has 1 N–H and O–H groups in total. The van der Waals surface area contributed by atoms with Crippen molar-refractivity contribution in [2.75, 3.05) is 6.54 Å². The van der Waals surface area contributed by atoms with E-state index < -0.39 is 21.1 Å². The average Bonchev–Trinajstić information content (AvgIpc) is 2.64. The highest BCUT2D eigenvalue weighted by Crippen LogP contribution is 2.18. The number of unbranched alkanes of at least 4 members (excludes halogenated alkanes) is 1. The number of nitrogens with zero attached hydrogens (tertiary/aromatic N) is 2. The third-order valence-electron chi connectivity index (χ3n) is 4.88. The lowest BCUT2D eigenvalue weighted by Gasteiger charge is -2.16. The smallest absolute Gasteiger partial charge is 0.305 e. The van der Waals surface area contributed by atoms with Crippen molar-refractivity contribution >= 4 is 21.1 Å². The van der Waals surface area contributed by atoms with E-state index in [-0.39, 0.29) is 4.90 Å². The van der Waals surface area contributed by atoms with Crippen LogP contribution in [0, 0.1) is 5.92 Å². The SMILES string of the molecule is CCCC[C@@H](CC)CNS(=O)(=O)c1ccc2c(c1)n(C)c(=O)c(=O)n2C. The van der Waals surface area contributed by atoms with Crippen LogP contribution in [0.3, 0.4) is 0 Å². The highest BCUT2D eigenvalue weighted by Gasteiger charge is 2.18. The molecule has 0 aliphatic carbocycles. The molecule has 2 rings (SSSR count). The molecule has 0 saturated carbocycles. The molecule has 8 heteroatoms. The van der Waals surface area contributed by atoms with Crippen LogP contribution in [0.4, 0.5) is 0 Å². The van der Waals surface area contributed by atoms with Crippen molar-refractivity contribution < 1.29 is 8.42 Å². The second-order valence-corrected chi connectivity index (χ2v) is 8.41. The van der Waals surface area contributed by atoms with E-state index in [0.29, 0.717) is 23.5 Å². The van der Waals surface area contributed by atoms with Gasteiger partial charge in [0, 0.05) is 20.6 Å². The van der Waals surface area contributed by atoms with Gasteiger partial charge in [-0.15, -0.1) is 0 Å². The van der Waals surface area contributed by atoms with Gasteiger partial charge in [0.05, 0.1) is 15.9 Å². The molecule has 1 aromatic carbocycles. The summed E-state index contributed by atoms with van der Waals surface area (Å²) < 4.78 is 30.4. The van der Waals surface area contributed by atoms with Gasteiger partial charge in [-0.25, -0.2) is 13.1 Å². The number of hydrogen-bond acceptors (Lipinski definition) is 4. The third-order valence-corrected chi connectivity index (χ3v) is 6.30. The molecule has 26 heavy (non-hydrogen) atoms. The van der Waals surface area contributed by atoms with E-state index in [9.17, 15) is 18.0 Å². The molecule has 0 amide bonds. The Morgan fingerprint density at radius 1 is 1.04 bits per heavy atom. The summed E-state index contributed by atoms with van der Waals surface area (Å²) in [6.45, 7) is 4.56. The van der Waals surface area contributed by atoms with Crippen LogP contribution in [0.1, 0.15) is 39.5 Å². The first-order valence-electron chi connectivity index (χ1n) is 8.92. The van der Waals surface area contributed by atoms with Crippen LogP contribution in [0.2, 0.25) is 0 Å². The van der Waals surface area contributed by atoms with Gasteiger partial charge in [0.15, 0.2) is 0 Å². The van der Waals surface area contributed by atoms with Crippen molar-refractivity contribution in [1.82, 2.24) is 13.9 Å². The summed E-state index contributed by atoms with van der Waals surface area (Å²) in [5, 5.41) is 0. The molecule has 0 aliphatic rings. The fourth-order valence-electron chi connectivity index (χ4n) is 2.98. The molecule has 0 bridgehead atoms. The van der Waals surface area contributed by atoms with E-state index in [1.807, 2.05) is 0 Å². The van der Waals surface area contributed by atoms with Crippen LogP contribution in [0.15, 0.2) is 32.7 Å². The van der Waals surface area contributed by atoms with Crippen LogP contribution in [0.5, 0.6) is 0 Å². The fourth-order valence-corrected chi connectivity index (χ4v) is 4.12. The molecule has 0 fully saturated rings. The monoisotopic (exact) mass is 381 g/mol. The van der Waals surface area contributed by atoms with Gasteiger partial charge in [-0.05, 0) is 30.5 Å². The number of aryl methyl sites for hydroxylation is 2. The molecule has 0 spiro atoms. The number of nitrogens with one attached hydrogen (secondary N) is 1. The number of hydrogen-bond donors (Lipinski definition) is 1. The van der Waals surface area contributed by atoms with Crippen molar-refractivity contribution in [3.8, 4) is 0 Å². The van der Waals surface area contributed by atoms with Crippen molar-refractivity contribution in [2.24, 2.45) is 20.0 Å². The minimum Gasteiger partial charge on any atom is -0.305 e. The molecule has 1 aromatic heterocycles. The highest BCUT2D eigenvalue weighted by atomic mass is 32.2. The topological polar surface area (TPSA) is 90.2 Å². The van der Waals surface area contributed by atoms with Gasteiger partial charge in [0.1, 0.15) is 0 Å². The maximum Gasteiger partial charge on any atom is 0.316 e. The Kier molecular flexibility index (Phi) is 6.41. The molecular formula is C18H27N3O4S. The molecule has 0 aliphatic heterocycles. The summed E-state index contributed by atoms with van der Waals surface area (Å²) in [4.78, 5) is 24.0. The van der Waals surface area contributed by atoms with E-state index in [0.717, 1.165) is 25.7 Å². The first-order chi connectivity index (χ1) is 12.2. The summed E-state index contributed by atoms with van der Waals surface area (Å²) in [5.74, 6) is 0.301. The largest absolute Gasteiger partial charge is 0.316 e. The second-order valence-electron chi connectivity index (χ2n) is 6.65. The zero-order chi connectivity index (χ0) is 19.5. The Labute approximate surface area is 153 Å². The van der Waals surface area contributed by atoms with E-state index >= 15 is 0 Å².